The van der Waals surface area contributed by atoms with Gasteiger partial charge in [-0.05, 0) is 0 Å². The van der Waals surface area contributed by atoms with Gasteiger partial charge >= 0.3 is 6.08 Å². The Kier molecular flexibility index (Phi) is 1.32. The molecule has 0 N–H and O–H groups in total. The molecule has 0 bridgehead atoms. The van der Waals surface area contributed by atoms with Gasteiger partial charge in [0.1, 0.15) is 12.4 Å². The van der Waals surface area contributed by atoms with E-state index in [2.05, 4.69) is 15.0 Å². The lowest BCUT2D eigenvalue weighted by Gasteiger charge is -1.82. The third-order valence-electron chi connectivity index (χ3n) is 0.642. The minimum Gasteiger partial charge on any atom is -0.207 e. The molecule has 44 valence electrons. The summed E-state index contributed by atoms with van der Waals surface area (Å²) in [6, 6.07) is 1.57. The summed E-state index contributed by atoms with van der Waals surface area (Å²) >= 11 is 0. The standard InChI is InChI=1S/C4HFN4/c5-4-8-2-7-3(1-6)9-4/h2H. The number of nitriles is 1. The largest absolute Gasteiger partial charge is 0.312 e. The molecule has 1 rings (SSSR count). The maximum absolute atomic E-state index is 11.9. The number of nitrogens with zero attached hydrogens (tertiary/aromatic N) is 4. The van der Waals surface area contributed by atoms with Gasteiger partial charge in [-0.25, -0.2) is 4.98 Å². The van der Waals surface area contributed by atoms with E-state index in [-0.39, 0.29) is 5.82 Å². The lowest BCUT2D eigenvalue weighted by Crippen LogP contribution is -1.94. The highest BCUT2D eigenvalue weighted by Crippen LogP contribution is 1.84. The van der Waals surface area contributed by atoms with Crippen LogP contribution < -0.4 is 0 Å². The van der Waals surface area contributed by atoms with Crippen molar-refractivity contribution in [3.8, 4) is 6.07 Å². The predicted octanol–water partition coefficient (Wildman–Crippen LogP) is -0.118. The second-order valence-electron chi connectivity index (χ2n) is 1.19. The molecule has 5 heteroatoms. The van der Waals surface area contributed by atoms with Crippen molar-refractivity contribution in [1.82, 2.24) is 15.0 Å². The van der Waals surface area contributed by atoms with E-state index in [1.165, 1.54) is 0 Å². The molecule has 4 nitrogen and oxygen atoms in total. The van der Waals surface area contributed by atoms with Crippen molar-refractivity contribution in [3.63, 3.8) is 0 Å². The molecule has 0 saturated heterocycles. The van der Waals surface area contributed by atoms with Crippen LogP contribution in [0.2, 0.25) is 0 Å². The number of aromatic nitrogens is 3. The van der Waals surface area contributed by atoms with Crippen LogP contribution in [0.5, 0.6) is 0 Å². The summed E-state index contributed by atoms with van der Waals surface area (Å²) in [5.74, 6) is -0.206. The van der Waals surface area contributed by atoms with E-state index in [1.807, 2.05) is 0 Å². The van der Waals surface area contributed by atoms with Crippen LogP contribution >= 0.6 is 0 Å². The van der Waals surface area contributed by atoms with Crippen LogP contribution in [0.4, 0.5) is 4.39 Å². The van der Waals surface area contributed by atoms with Gasteiger partial charge in [0.25, 0.3) is 0 Å². The van der Waals surface area contributed by atoms with E-state index in [4.69, 9.17) is 5.26 Å². The molecule has 9 heavy (non-hydrogen) atoms. The van der Waals surface area contributed by atoms with Crippen molar-refractivity contribution in [1.29, 1.82) is 5.26 Å². The average Bonchev–Trinajstić information content (AvgIpc) is 1.88. The molecule has 0 amide bonds. The molecule has 0 aliphatic carbocycles. The summed E-state index contributed by atoms with van der Waals surface area (Å²) < 4.78 is 11.9. The van der Waals surface area contributed by atoms with Crippen LogP contribution in [0.25, 0.3) is 0 Å². The minimum atomic E-state index is -0.929. The summed E-state index contributed by atoms with van der Waals surface area (Å²) in [6.07, 6.45) is 0.0162. The molecule has 1 aromatic heterocycles. The van der Waals surface area contributed by atoms with Gasteiger partial charge in [-0.15, -0.1) is 0 Å². The van der Waals surface area contributed by atoms with E-state index in [1.54, 1.807) is 6.07 Å². The van der Waals surface area contributed by atoms with Gasteiger partial charge in [-0.1, -0.05) is 0 Å². The van der Waals surface area contributed by atoms with Gasteiger partial charge in [0.2, 0.25) is 5.82 Å². The second-order valence-corrected chi connectivity index (χ2v) is 1.19. The van der Waals surface area contributed by atoms with Gasteiger partial charge in [0.15, 0.2) is 0 Å². The Labute approximate surface area is 50.0 Å². The SMILES string of the molecule is N#Cc1ncnc(F)n1. The van der Waals surface area contributed by atoms with Gasteiger partial charge in [-0.2, -0.15) is 19.6 Å². The predicted molar refractivity (Wildman–Crippen MR) is 24.5 cm³/mol. The fourth-order valence-corrected chi connectivity index (χ4v) is 0.330. The number of hydrogen-bond acceptors (Lipinski definition) is 4. The van der Waals surface area contributed by atoms with Crippen LogP contribution in [0.15, 0.2) is 6.33 Å². The van der Waals surface area contributed by atoms with Gasteiger partial charge in [0.05, 0.1) is 0 Å². The average molecular weight is 124 g/mol. The van der Waals surface area contributed by atoms with E-state index < -0.39 is 6.08 Å². The number of rotatable bonds is 0. The minimum absolute atomic E-state index is 0.206. The molecule has 0 fully saturated rings. The first-order valence-corrected chi connectivity index (χ1v) is 2.07. The molecule has 0 aliphatic rings. The summed E-state index contributed by atoms with van der Waals surface area (Å²) in [7, 11) is 0. The van der Waals surface area contributed by atoms with Crippen molar-refractivity contribution in [2.75, 3.05) is 0 Å². The zero-order valence-corrected chi connectivity index (χ0v) is 4.24. The van der Waals surface area contributed by atoms with Crippen LogP contribution in [-0.2, 0) is 0 Å². The quantitative estimate of drug-likeness (QED) is 0.483. The summed E-state index contributed by atoms with van der Waals surface area (Å²) in [6.45, 7) is 0. The summed E-state index contributed by atoms with van der Waals surface area (Å²) in [5, 5.41) is 8.09. The zero-order valence-electron chi connectivity index (χ0n) is 4.24. The molecule has 0 saturated carbocycles. The van der Waals surface area contributed by atoms with Crippen LogP contribution in [0, 0.1) is 17.4 Å². The number of halogens is 1. The highest BCUT2D eigenvalue weighted by molar-refractivity contribution is 5.05. The Morgan fingerprint density at radius 1 is 1.56 bits per heavy atom. The van der Waals surface area contributed by atoms with E-state index in [9.17, 15) is 4.39 Å². The van der Waals surface area contributed by atoms with Crippen molar-refractivity contribution in [3.05, 3.63) is 18.2 Å². The third-order valence-corrected chi connectivity index (χ3v) is 0.642. The normalized spacial score (nSPS) is 8.44. The number of hydrogen-bond donors (Lipinski definition) is 0. The van der Waals surface area contributed by atoms with E-state index in [0.717, 1.165) is 6.33 Å². The fraction of sp³-hybridized carbons (Fsp3) is 0. The molecular formula is C4HFN4. The maximum Gasteiger partial charge on any atom is 0.312 e. The van der Waals surface area contributed by atoms with Crippen LogP contribution in [-0.4, -0.2) is 15.0 Å². The Morgan fingerprint density at radius 3 is 2.78 bits per heavy atom. The third kappa shape index (κ3) is 1.16. The van der Waals surface area contributed by atoms with Crippen molar-refractivity contribution < 1.29 is 4.39 Å². The van der Waals surface area contributed by atoms with Gasteiger partial charge in [-0.3, -0.25) is 0 Å². The highest BCUT2D eigenvalue weighted by Gasteiger charge is 1.94. The van der Waals surface area contributed by atoms with E-state index >= 15 is 0 Å². The molecule has 0 unspecified atom stereocenters. The van der Waals surface area contributed by atoms with Crippen LogP contribution in [0.1, 0.15) is 5.82 Å². The topological polar surface area (TPSA) is 62.5 Å². The first-order chi connectivity index (χ1) is 4.33. The Morgan fingerprint density at radius 2 is 2.33 bits per heavy atom. The molecule has 1 heterocycles. The van der Waals surface area contributed by atoms with Crippen LogP contribution in [0.3, 0.4) is 0 Å². The zero-order chi connectivity index (χ0) is 6.69. The smallest absolute Gasteiger partial charge is 0.207 e. The van der Waals surface area contributed by atoms with E-state index in [0.29, 0.717) is 0 Å². The monoisotopic (exact) mass is 124 g/mol. The molecule has 0 aromatic carbocycles. The molecule has 0 radical (unpaired) electrons. The Balaban J connectivity index is 3.12. The molecular weight excluding hydrogens is 123 g/mol. The Bertz CT molecular complexity index is 253. The van der Waals surface area contributed by atoms with Crippen molar-refractivity contribution in [2.24, 2.45) is 0 Å². The molecule has 0 aliphatic heterocycles. The van der Waals surface area contributed by atoms with Gasteiger partial charge in [0, 0.05) is 0 Å². The lowest BCUT2D eigenvalue weighted by molar-refractivity contribution is 0.530. The fourth-order valence-electron chi connectivity index (χ4n) is 0.330. The van der Waals surface area contributed by atoms with Gasteiger partial charge < -0.3 is 0 Å². The molecule has 1 aromatic rings. The highest BCUT2D eigenvalue weighted by atomic mass is 19.1. The maximum atomic E-state index is 11.9. The van der Waals surface area contributed by atoms with Crippen molar-refractivity contribution >= 4 is 0 Å². The summed E-state index contributed by atoms with van der Waals surface area (Å²) in [5.41, 5.74) is 0. The second kappa shape index (κ2) is 2.13. The molecule has 0 atom stereocenters. The van der Waals surface area contributed by atoms with Crippen molar-refractivity contribution in [2.45, 2.75) is 0 Å². The first-order valence-electron chi connectivity index (χ1n) is 2.07. The summed E-state index contributed by atoms with van der Waals surface area (Å²) in [4.78, 5) is 9.42. The first kappa shape index (κ1) is 5.56. The Hall–Kier alpha value is -1.57. The molecule has 0 spiro atoms. The lowest BCUT2D eigenvalue weighted by atomic mass is 10.7.